The summed E-state index contributed by atoms with van der Waals surface area (Å²) in [7, 11) is 0. The molecular formula is C20H21F3N6O. The minimum absolute atomic E-state index is 0.00973. The summed E-state index contributed by atoms with van der Waals surface area (Å²) in [5.41, 5.74) is 1.61. The van der Waals surface area contributed by atoms with Crippen LogP contribution in [0.25, 0.3) is 0 Å². The summed E-state index contributed by atoms with van der Waals surface area (Å²) in [5, 5.41) is 10.5. The third-order valence-corrected chi connectivity index (χ3v) is 5.00. The number of nitrogens with one attached hydrogen (secondary N) is 1. The van der Waals surface area contributed by atoms with Crippen molar-refractivity contribution in [2.24, 2.45) is 0 Å². The van der Waals surface area contributed by atoms with E-state index in [4.69, 9.17) is 0 Å². The predicted molar refractivity (Wildman–Crippen MR) is 103 cm³/mol. The highest BCUT2D eigenvalue weighted by molar-refractivity contribution is 5.91. The molecule has 4 rings (SSSR count). The number of aryl methyl sites for hydroxylation is 1. The minimum Gasteiger partial charge on any atom is -0.291 e. The molecule has 1 fully saturated rings. The minimum atomic E-state index is -4.55. The van der Waals surface area contributed by atoms with Crippen molar-refractivity contribution in [3.63, 3.8) is 0 Å². The van der Waals surface area contributed by atoms with Gasteiger partial charge in [-0.15, -0.1) is 5.10 Å². The van der Waals surface area contributed by atoms with Gasteiger partial charge in [0.25, 0.3) is 5.91 Å². The van der Waals surface area contributed by atoms with Crippen molar-refractivity contribution in [2.75, 3.05) is 5.32 Å². The number of benzene rings is 1. The Balaban J connectivity index is 1.47. The van der Waals surface area contributed by atoms with E-state index in [9.17, 15) is 18.0 Å². The van der Waals surface area contributed by atoms with Gasteiger partial charge < -0.3 is 0 Å². The quantitative estimate of drug-likeness (QED) is 0.658. The summed E-state index contributed by atoms with van der Waals surface area (Å²) >= 11 is 0. The molecule has 0 radical (unpaired) electrons. The second kappa shape index (κ2) is 7.58. The smallest absolute Gasteiger partial charge is 0.291 e. The first kappa shape index (κ1) is 20.1. The van der Waals surface area contributed by atoms with Crippen LogP contribution in [-0.2, 0) is 17.5 Å². The van der Waals surface area contributed by atoms with E-state index in [1.54, 1.807) is 4.68 Å². The fraction of sp³-hybridized carbons (Fsp3) is 0.400. The molecule has 10 heteroatoms. The fourth-order valence-electron chi connectivity index (χ4n) is 3.29. The maximum atomic E-state index is 13.1. The fourth-order valence-corrected chi connectivity index (χ4v) is 3.29. The highest BCUT2D eigenvalue weighted by Gasteiger charge is 2.39. The summed E-state index contributed by atoms with van der Waals surface area (Å²) in [6.07, 6.45) is -1.47. The highest BCUT2D eigenvalue weighted by atomic mass is 19.4. The van der Waals surface area contributed by atoms with Gasteiger partial charge in [-0.1, -0.05) is 29.8 Å². The number of alkyl halides is 3. The van der Waals surface area contributed by atoms with Crippen LogP contribution >= 0.6 is 0 Å². The Labute approximate surface area is 170 Å². The number of anilines is 1. The lowest BCUT2D eigenvalue weighted by Gasteiger charge is -2.14. The second-order valence-electron chi connectivity index (χ2n) is 7.59. The van der Waals surface area contributed by atoms with E-state index in [1.165, 1.54) is 17.9 Å². The lowest BCUT2D eigenvalue weighted by atomic mass is 10.1. The van der Waals surface area contributed by atoms with E-state index in [1.807, 2.05) is 31.2 Å². The molecule has 1 amide bonds. The molecule has 1 aliphatic carbocycles. The number of amides is 1. The maximum Gasteiger partial charge on any atom is 0.435 e. The monoisotopic (exact) mass is 418 g/mol. The normalized spacial score (nSPS) is 15.2. The van der Waals surface area contributed by atoms with Gasteiger partial charge in [0.05, 0.1) is 6.54 Å². The van der Waals surface area contributed by atoms with E-state index >= 15 is 0 Å². The highest BCUT2D eigenvalue weighted by Crippen LogP contribution is 2.43. The molecule has 3 aromatic rings. The molecule has 1 aliphatic rings. The second-order valence-corrected chi connectivity index (χ2v) is 7.59. The zero-order valence-corrected chi connectivity index (χ0v) is 16.5. The summed E-state index contributed by atoms with van der Waals surface area (Å²) in [5.74, 6) is -0.423. The van der Waals surface area contributed by atoms with Crippen LogP contribution in [0.5, 0.6) is 0 Å². The average Bonchev–Trinajstić information content (AvgIpc) is 3.26. The summed E-state index contributed by atoms with van der Waals surface area (Å²) in [4.78, 5) is 16.7. The van der Waals surface area contributed by atoms with Crippen LogP contribution < -0.4 is 5.32 Å². The van der Waals surface area contributed by atoms with Crippen LogP contribution in [0.15, 0.2) is 36.7 Å². The third kappa shape index (κ3) is 4.37. The van der Waals surface area contributed by atoms with Gasteiger partial charge in [-0.3, -0.25) is 14.8 Å². The Kier molecular flexibility index (Phi) is 5.08. The summed E-state index contributed by atoms with van der Waals surface area (Å²) < 4.78 is 42.0. The van der Waals surface area contributed by atoms with Crippen molar-refractivity contribution in [3.05, 3.63) is 59.2 Å². The molecule has 2 aromatic heterocycles. The standard InChI is InChI=1S/C20H21F3N6O/c1-12-4-3-5-14(8-12)10-28-11-24-19(27-28)25-18(30)13(2)29-16(15-6-7-15)9-17(26-29)20(21,22)23/h3-5,8-9,11,13,15H,6-7,10H2,1-2H3,(H,25,27,30). The number of halogens is 3. The first-order valence-corrected chi connectivity index (χ1v) is 9.63. The number of hydrogen-bond acceptors (Lipinski definition) is 4. The molecule has 0 bridgehead atoms. The molecule has 1 aromatic carbocycles. The Morgan fingerprint density at radius 1 is 1.27 bits per heavy atom. The van der Waals surface area contributed by atoms with Crippen LogP contribution in [0.4, 0.5) is 19.1 Å². The van der Waals surface area contributed by atoms with Gasteiger partial charge in [-0.25, -0.2) is 9.67 Å². The molecule has 0 saturated heterocycles. The molecular weight excluding hydrogens is 397 g/mol. The zero-order chi connectivity index (χ0) is 21.5. The Morgan fingerprint density at radius 3 is 2.70 bits per heavy atom. The van der Waals surface area contributed by atoms with Crippen LogP contribution in [0, 0.1) is 6.92 Å². The predicted octanol–water partition coefficient (Wildman–Crippen LogP) is 3.93. The number of aromatic nitrogens is 5. The molecule has 1 unspecified atom stereocenters. The third-order valence-electron chi connectivity index (χ3n) is 5.00. The number of carbonyl (C=O) groups excluding carboxylic acids is 1. The van der Waals surface area contributed by atoms with Crippen LogP contribution in [0.3, 0.4) is 0 Å². The molecule has 7 nitrogen and oxygen atoms in total. The van der Waals surface area contributed by atoms with Gasteiger partial charge in [0.15, 0.2) is 5.69 Å². The topological polar surface area (TPSA) is 77.6 Å². The van der Waals surface area contributed by atoms with Gasteiger partial charge in [-0.2, -0.15) is 18.3 Å². The lowest BCUT2D eigenvalue weighted by Crippen LogP contribution is -2.26. The number of hydrogen-bond donors (Lipinski definition) is 1. The Bertz CT molecular complexity index is 1070. The summed E-state index contributed by atoms with van der Waals surface area (Å²) in [6.45, 7) is 3.99. The van der Waals surface area contributed by atoms with Gasteiger partial charge >= 0.3 is 6.18 Å². The molecule has 0 spiro atoms. The SMILES string of the molecule is Cc1cccc(Cn2cnc(NC(=O)C(C)n3nc(C(F)(F)F)cc3C3CC3)n2)c1. The first-order chi connectivity index (χ1) is 14.2. The van der Waals surface area contributed by atoms with Gasteiger partial charge in [-0.05, 0) is 38.3 Å². The molecule has 1 atom stereocenters. The van der Waals surface area contributed by atoms with E-state index < -0.39 is 23.8 Å². The summed E-state index contributed by atoms with van der Waals surface area (Å²) in [6, 6.07) is 8.04. The van der Waals surface area contributed by atoms with Crippen molar-refractivity contribution in [2.45, 2.75) is 51.4 Å². The average molecular weight is 418 g/mol. The van der Waals surface area contributed by atoms with Crippen molar-refractivity contribution in [1.29, 1.82) is 0 Å². The molecule has 30 heavy (non-hydrogen) atoms. The largest absolute Gasteiger partial charge is 0.435 e. The molecule has 158 valence electrons. The van der Waals surface area contributed by atoms with E-state index in [2.05, 4.69) is 20.5 Å². The van der Waals surface area contributed by atoms with E-state index in [0.29, 0.717) is 12.2 Å². The number of rotatable bonds is 6. The Hall–Kier alpha value is -3.17. The maximum absolute atomic E-state index is 13.1. The number of carbonyl (C=O) groups is 1. The Morgan fingerprint density at radius 2 is 2.03 bits per heavy atom. The molecule has 1 saturated carbocycles. The van der Waals surface area contributed by atoms with E-state index in [0.717, 1.165) is 30.0 Å². The van der Waals surface area contributed by atoms with Gasteiger partial charge in [0.2, 0.25) is 5.95 Å². The zero-order valence-electron chi connectivity index (χ0n) is 16.5. The van der Waals surface area contributed by atoms with Crippen LogP contribution in [0.1, 0.15) is 54.2 Å². The van der Waals surface area contributed by atoms with Crippen molar-refractivity contribution in [3.8, 4) is 0 Å². The van der Waals surface area contributed by atoms with Crippen molar-refractivity contribution >= 4 is 11.9 Å². The molecule has 2 heterocycles. The van der Waals surface area contributed by atoms with Crippen molar-refractivity contribution < 1.29 is 18.0 Å². The molecule has 0 aliphatic heterocycles. The first-order valence-electron chi connectivity index (χ1n) is 9.63. The van der Waals surface area contributed by atoms with Crippen LogP contribution in [-0.4, -0.2) is 30.5 Å². The number of nitrogens with zero attached hydrogens (tertiary/aromatic N) is 5. The van der Waals surface area contributed by atoms with Crippen LogP contribution in [0.2, 0.25) is 0 Å². The van der Waals surface area contributed by atoms with Gasteiger partial charge in [0, 0.05) is 11.6 Å². The lowest BCUT2D eigenvalue weighted by molar-refractivity contribution is -0.141. The van der Waals surface area contributed by atoms with E-state index in [-0.39, 0.29) is 11.9 Å². The van der Waals surface area contributed by atoms with Gasteiger partial charge in [0.1, 0.15) is 12.4 Å². The molecule has 1 N–H and O–H groups in total. The van der Waals surface area contributed by atoms with Crippen molar-refractivity contribution in [1.82, 2.24) is 24.5 Å².